The van der Waals surface area contributed by atoms with Crippen molar-refractivity contribution in [3.8, 4) is 17.3 Å². The fourth-order valence-corrected chi connectivity index (χ4v) is 1.58. The van der Waals surface area contributed by atoms with Crippen molar-refractivity contribution < 1.29 is 4.74 Å². The molecule has 19 heavy (non-hydrogen) atoms. The largest absolute Gasteiger partial charge is 0.456 e. The number of pyridine rings is 2. The molecule has 0 aromatic carbocycles. The Morgan fingerprint density at radius 2 is 2.00 bits per heavy atom. The van der Waals surface area contributed by atoms with Gasteiger partial charge >= 0.3 is 0 Å². The molecule has 0 aliphatic rings. The first-order valence-electron chi connectivity index (χ1n) is 5.67. The Kier molecular flexibility index (Phi) is 2.82. The average molecular weight is 253 g/mol. The zero-order valence-corrected chi connectivity index (χ0v) is 9.97. The van der Waals surface area contributed by atoms with Gasteiger partial charge in [-0.15, -0.1) is 0 Å². The lowest BCUT2D eigenvalue weighted by atomic mass is 10.4. The average Bonchev–Trinajstić information content (AvgIpc) is 2.96. The van der Waals surface area contributed by atoms with Crippen LogP contribution >= 0.6 is 0 Å². The zero-order chi connectivity index (χ0) is 13.1. The van der Waals surface area contributed by atoms with Crippen LogP contribution in [0.4, 0.5) is 5.82 Å². The number of nitrogens with zero attached hydrogens (tertiary/aromatic N) is 4. The highest BCUT2D eigenvalue weighted by molar-refractivity contribution is 5.37. The van der Waals surface area contributed by atoms with Gasteiger partial charge in [0.05, 0.1) is 6.20 Å². The van der Waals surface area contributed by atoms with Gasteiger partial charge in [0, 0.05) is 24.7 Å². The minimum Gasteiger partial charge on any atom is -0.456 e. The second-order valence-electron chi connectivity index (χ2n) is 3.82. The van der Waals surface area contributed by atoms with Crippen LogP contribution < -0.4 is 10.5 Å². The quantitative estimate of drug-likeness (QED) is 0.772. The molecule has 3 rings (SSSR count). The van der Waals surface area contributed by atoms with Crippen molar-refractivity contribution in [1.29, 1.82) is 0 Å². The number of nitrogens with two attached hydrogens (primary N) is 1. The normalized spacial score (nSPS) is 10.3. The van der Waals surface area contributed by atoms with E-state index < -0.39 is 0 Å². The molecule has 0 saturated heterocycles. The molecule has 0 amide bonds. The first-order chi connectivity index (χ1) is 9.31. The topological polar surface area (TPSA) is 78.9 Å². The van der Waals surface area contributed by atoms with Crippen molar-refractivity contribution in [2.45, 2.75) is 0 Å². The van der Waals surface area contributed by atoms with Gasteiger partial charge in [-0.3, -0.25) is 0 Å². The molecule has 0 saturated carbocycles. The molecule has 3 aromatic heterocycles. The molecule has 0 aliphatic carbocycles. The third-order valence-electron chi connectivity index (χ3n) is 2.45. The molecule has 0 fully saturated rings. The maximum atomic E-state index is 5.67. The maximum Gasteiger partial charge on any atom is 0.156 e. The number of hydrogen-bond acceptors (Lipinski definition) is 5. The molecule has 0 aliphatic heterocycles. The Morgan fingerprint density at radius 3 is 2.74 bits per heavy atom. The number of ether oxygens (including phenoxy) is 1. The van der Waals surface area contributed by atoms with Gasteiger partial charge in [0.2, 0.25) is 0 Å². The molecule has 0 atom stereocenters. The summed E-state index contributed by atoms with van der Waals surface area (Å²) in [5, 5.41) is 4.12. The van der Waals surface area contributed by atoms with Crippen LogP contribution in [0.1, 0.15) is 0 Å². The van der Waals surface area contributed by atoms with Crippen LogP contribution in [0, 0.1) is 0 Å². The Bertz CT molecular complexity index is 664. The van der Waals surface area contributed by atoms with Gasteiger partial charge in [0.25, 0.3) is 0 Å². The highest BCUT2D eigenvalue weighted by atomic mass is 16.5. The van der Waals surface area contributed by atoms with E-state index in [0.717, 1.165) is 0 Å². The summed E-state index contributed by atoms with van der Waals surface area (Å²) >= 11 is 0. The van der Waals surface area contributed by atoms with Gasteiger partial charge in [-0.1, -0.05) is 0 Å². The Balaban J connectivity index is 1.85. The van der Waals surface area contributed by atoms with Crippen LogP contribution in [0.3, 0.4) is 0 Å². The fraction of sp³-hybridized carbons (Fsp3) is 0. The van der Waals surface area contributed by atoms with Gasteiger partial charge in [0.1, 0.15) is 17.3 Å². The third kappa shape index (κ3) is 2.52. The van der Waals surface area contributed by atoms with E-state index in [1.807, 2.05) is 12.3 Å². The van der Waals surface area contributed by atoms with Crippen molar-refractivity contribution in [3.63, 3.8) is 0 Å². The van der Waals surface area contributed by atoms with Crippen molar-refractivity contribution >= 4 is 5.82 Å². The van der Waals surface area contributed by atoms with Gasteiger partial charge in [0.15, 0.2) is 5.82 Å². The SMILES string of the molecule is Nc1ccc(Oc2ccnc(-n3cccn3)c2)cn1. The van der Waals surface area contributed by atoms with Gasteiger partial charge in [-0.2, -0.15) is 5.10 Å². The second kappa shape index (κ2) is 4.77. The van der Waals surface area contributed by atoms with E-state index in [4.69, 9.17) is 10.5 Å². The molecule has 6 nitrogen and oxygen atoms in total. The van der Waals surface area contributed by atoms with Crippen LogP contribution in [0.15, 0.2) is 55.1 Å². The molecule has 3 heterocycles. The molecule has 2 N–H and O–H groups in total. The molecular formula is C13H11N5O. The lowest BCUT2D eigenvalue weighted by Crippen LogP contribution is -1.98. The van der Waals surface area contributed by atoms with Crippen LogP contribution in [-0.2, 0) is 0 Å². The van der Waals surface area contributed by atoms with E-state index in [9.17, 15) is 0 Å². The lowest BCUT2D eigenvalue weighted by Gasteiger charge is -2.07. The Morgan fingerprint density at radius 1 is 1.05 bits per heavy atom. The smallest absolute Gasteiger partial charge is 0.156 e. The number of hydrogen-bond donors (Lipinski definition) is 1. The van der Waals surface area contributed by atoms with Crippen molar-refractivity contribution in [1.82, 2.24) is 19.7 Å². The minimum absolute atomic E-state index is 0.458. The van der Waals surface area contributed by atoms with Crippen LogP contribution in [0.25, 0.3) is 5.82 Å². The molecule has 0 bridgehead atoms. The summed E-state index contributed by atoms with van der Waals surface area (Å²) in [5.74, 6) is 2.42. The molecular weight excluding hydrogens is 242 g/mol. The van der Waals surface area contributed by atoms with E-state index in [-0.39, 0.29) is 0 Å². The number of anilines is 1. The first kappa shape index (κ1) is 11.2. The molecule has 6 heteroatoms. The van der Waals surface area contributed by atoms with Crippen molar-refractivity contribution in [2.24, 2.45) is 0 Å². The molecule has 0 radical (unpaired) electrons. The number of aromatic nitrogens is 4. The highest BCUT2D eigenvalue weighted by Crippen LogP contribution is 2.21. The third-order valence-corrected chi connectivity index (χ3v) is 2.45. The summed E-state index contributed by atoms with van der Waals surface area (Å²) in [6.45, 7) is 0. The molecule has 3 aromatic rings. The van der Waals surface area contributed by atoms with E-state index in [0.29, 0.717) is 23.1 Å². The van der Waals surface area contributed by atoms with E-state index >= 15 is 0 Å². The Labute approximate surface area is 109 Å². The van der Waals surface area contributed by atoms with Crippen molar-refractivity contribution in [3.05, 3.63) is 55.1 Å². The zero-order valence-electron chi connectivity index (χ0n) is 9.97. The summed E-state index contributed by atoms with van der Waals surface area (Å²) < 4.78 is 7.33. The summed E-state index contributed by atoms with van der Waals surface area (Å²) in [6, 6.07) is 8.84. The maximum absolute atomic E-state index is 5.67. The standard InChI is InChI=1S/C13H11N5O/c14-12-3-2-11(9-16-12)19-10-4-6-15-13(8-10)18-7-1-5-17-18/h1-9H,(H2,14,16). The summed E-state index contributed by atoms with van der Waals surface area (Å²) in [6.07, 6.45) is 6.75. The summed E-state index contributed by atoms with van der Waals surface area (Å²) in [5.41, 5.74) is 5.52. The molecule has 94 valence electrons. The predicted octanol–water partition coefficient (Wildman–Crippen LogP) is 2.04. The monoisotopic (exact) mass is 253 g/mol. The summed E-state index contributed by atoms with van der Waals surface area (Å²) in [4.78, 5) is 8.19. The lowest BCUT2D eigenvalue weighted by molar-refractivity contribution is 0.479. The van der Waals surface area contributed by atoms with Gasteiger partial charge < -0.3 is 10.5 Å². The second-order valence-corrected chi connectivity index (χ2v) is 3.82. The van der Waals surface area contributed by atoms with Crippen LogP contribution in [0.2, 0.25) is 0 Å². The number of nitrogen functional groups attached to an aromatic ring is 1. The van der Waals surface area contributed by atoms with Crippen molar-refractivity contribution in [2.75, 3.05) is 5.73 Å². The van der Waals surface area contributed by atoms with Crippen LogP contribution in [-0.4, -0.2) is 19.7 Å². The minimum atomic E-state index is 0.458. The van der Waals surface area contributed by atoms with Gasteiger partial charge in [-0.05, 0) is 24.3 Å². The van der Waals surface area contributed by atoms with Crippen LogP contribution in [0.5, 0.6) is 11.5 Å². The molecule has 0 spiro atoms. The Hall–Kier alpha value is -2.89. The highest BCUT2D eigenvalue weighted by Gasteiger charge is 2.02. The molecule has 0 unspecified atom stereocenters. The first-order valence-corrected chi connectivity index (χ1v) is 5.67. The number of rotatable bonds is 3. The van der Waals surface area contributed by atoms with Gasteiger partial charge in [-0.25, -0.2) is 14.6 Å². The van der Waals surface area contributed by atoms with E-state index in [1.165, 1.54) is 0 Å². The van der Waals surface area contributed by atoms with E-state index in [1.54, 1.807) is 47.5 Å². The summed E-state index contributed by atoms with van der Waals surface area (Å²) in [7, 11) is 0. The van der Waals surface area contributed by atoms with E-state index in [2.05, 4.69) is 15.1 Å². The fourth-order valence-electron chi connectivity index (χ4n) is 1.58. The predicted molar refractivity (Wildman–Crippen MR) is 70.1 cm³/mol.